The lowest BCUT2D eigenvalue weighted by atomic mass is 9.94. The molecular formula is C12H17BrN2O3S. The summed E-state index contributed by atoms with van der Waals surface area (Å²) in [5, 5.41) is 0. The summed E-state index contributed by atoms with van der Waals surface area (Å²) < 4.78 is 33.4. The Kier molecular flexibility index (Phi) is 4.20. The summed E-state index contributed by atoms with van der Waals surface area (Å²) >= 11 is 3.25. The van der Waals surface area contributed by atoms with Gasteiger partial charge in [-0.1, -0.05) is 0 Å². The molecule has 0 unspecified atom stereocenters. The van der Waals surface area contributed by atoms with E-state index in [0.717, 1.165) is 0 Å². The van der Waals surface area contributed by atoms with Gasteiger partial charge < -0.3 is 10.5 Å². The maximum absolute atomic E-state index is 12.4. The van der Waals surface area contributed by atoms with Crippen LogP contribution in [0.4, 0.5) is 5.69 Å². The Morgan fingerprint density at radius 2 is 2.00 bits per heavy atom. The highest BCUT2D eigenvalue weighted by Gasteiger charge is 2.33. The van der Waals surface area contributed by atoms with Crippen LogP contribution in [0.15, 0.2) is 27.6 Å². The normalized spacial score (nSPS) is 19.3. The standard InChI is InChI=1S/C12H17BrN2O3S/c1-12(4-6-18-7-5-12)15-19(16,17)11-8-9(14)2-3-10(11)13/h2-3,8,15H,4-7,14H2,1H3. The molecule has 0 aromatic heterocycles. The second-order valence-corrected chi connectivity index (χ2v) is 7.47. The molecular weight excluding hydrogens is 332 g/mol. The molecule has 3 N–H and O–H groups in total. The third kappa shape index (κ3) is 3.47. The number of rotatable bonds is 3. The second kappa shape index (κ2) is 5.40. The van der Waals surface area contributed by atoms with E-state index in [2.05, 4.69) is 20.7 Å². The van der Waals surface area contributed by atoms with Crippen molar-refractivity contribution in [2.24, 2.45) is 0 Å². The molecule has 2 rings (SSSR count). The maximum Gasteiger partial charge on any atom is 0.242 e. The summed E-state index contributed by atoms with van der Waals surface area (Å²) in [5.41, 5.74) is 5.60. The molecule has 19 heavy (non-hydrogen) atoms. The average molecular weight is 349 g/mol. The van der Waals surface area contributed by atoms with E-state index in [-0.39, 0.29) is 4.90 Å². The van der Waals surface area contributed by atoms with Crippen LogP contribution >= 0.6 is 15.9 Å². The van der Waals surface area contributed by atoms with Crippen molar-refractivity contribution in [3.63, 3.8) is 0 Å². The first-order valence-electron chi connectivity index (χ1n) is 5.99. The van der Waals surface area contributed by atoms with Crippen molar-refractivity contribution in [2.45, 2.75) is 30.2 Å². The Morgan fingerprint density at radius 1 is 1.37 bits per heavy atom. The first kappa shape index (κ1) is 14.8. The van der Waals surface area contributed by atoms with Crippen LogP contribution in [-0.2, 0) is 14.8 Å². The van der Waals surface area contributed by atoms with Crippen molar-refractivity contribution in [1.82, 2.24) is 4.72 Å². The van der Waals surface area contributed by atoms with E-state index in [1.54, 1.807) is 12.1 Å². The van der Waals surface area contributed by atoms with Gasteiger partial charge in [0.05, 0.1) is 4.90 Å². The van der Waals surface area contributed by atoms with Crippen molar-refractivity contribution in [2.75, 3.05) is 18.9 Å². The lowest BCUT2D eigenvalue weighted by Gasteiger charge is -2.34. The van der Waals surface area contributed by atoms with Crippen LogP contribution in [0.25, 0.3) is 0 Å². The van der Waals surface area contributed by atoms with Crippen molar-refractivity contribution in [3.05, 3.63) is 22.7 Å². The summed E-state index contributed by atoms with van der Waals surface area (Å²) in [6.45, 7) is 3.03. The molecule has 0 atom stereocenters. The fourth-order valence-electron chi connectivity index (χ4n) is 2.03. The van der Waals surface area contributed by atoms with Crippen molar-refractivity contribution in [3.8, 4) is 0 Å². The van der Waals surface area contributed by atoms with Crippen LogP contribution in [0.2, 0.25) is 0 Å². The SMILES string of the molecule is CC1(NS(=O)(=O)c2cc(N)ccc2Br)CCOCC1. The van der Waals surface area contributed by atoms with Crippen molar-refractivity contribution >= 4 is 31.6 Å². The third-order valence-electron chi connectivity index (χ3n) is 3.22. The Morgan fingerprint density at radius 3 is 2.63 bits per heavy atom. The van der Waals surface area contributed by atoms with Gasteiger partial charge in [0.1, 0.15) is 0 Å². The van der Waals surface area contributed by atoms with Gasteiger partial charge in [0.2, 0.25) is 10.0 Å². The molecule has 0 spiro atoms. The summed E-state index contributed by atoms with van der Waals surface area (Å²) in [6.07, 6.45) is 1.32. The number of halogens is 1. The van der Waals surface area contributed by atoms with Gasteiger partial charge in [-0.2, -0.15) is 0 Å². The van der Waals surface area contributed by atoms with Gasteiger partial charge in [0.25, 0.3) is 0 Å². The monoisotopic (exact) mass is 348 g/mol. The molecule has 1 saturated heterocycles. The summed E-state index contributed by atoms with van der Waals surface area (Å²) in [7, 11) is -3.60. The van der Waals surface area contributed by atoms with Gasteiger partial charge in [0.15, 0.2) is 0 Å². The lowest BCUT2D eigenvalue weighted by Crippen LogP contribution is -2.49. The van der Waals surface area contributed by atoms with Gasteiger partial charge in [0, 0.05) is 28.9 Å². The van der Waals surface area contributed by atoms with E-state index >= 15 is 0 Å². The number of sulfonamides is 1. The quantitative estimate of drug-likeness (QED) is 0.817. The van der Waals surface area contributed by atoms with Gasteiger partial charge in [-0.3, -0.25) is 0 Å². The molecule has 0 radical (unpaired) electrons. The molecule has 0 saturated carbocycles. The predicted molar refractivity (Wildman–Crippen MR) is 77.3 cm³/mol. The zero-order valence-corrected chi connectivity index (χ0v) is 13.1. The van der Waals surface area contributed by atoms with E-state index in [9.17, 15) is 8.42 Å². The number of benzene rings is 1. The van der Waals surface area contributed by atoms with E-state index in [4.69, 9.17) is 10.5 Å². The number of ether oxygens (including phenoxy) is 1. The van der Waals surface area contributed by atoms with Gasteiger partial charge >= 0.3 is 0 Å². The van der Waals surface area contributed by atoms with Crippen LogP contribution < -0.4 is 10.5 Å². The molecule has 1 aliphatic heterocycles. The van der Waals surface area contributed by atoms with Gasteiger partial charge in [-0.15, -0.1) is 0 Å². The number of nitrogen functional groups attached to an aromatic ring is 1. The second-order valence-electron chi connectivity index (χ2n) is 4.97. The van der Waals surface area contributed by atoms with Crippen molar-refractivity contribution in [1.29, 1.82) is 0 Å². The smallest absolute Gasteiger partial charge is 0.242 e. The fraction of sp³-hybridized carbons (Fsp3) is 0.500. The number of nitrogens with two attached hydrogens (primary N) is 1. The van der Waals surface area contributed by atoms with E-state index in [0.29, 0.717) is 36.2 Å². The molecule has 1 aromatic carbocycles. The first-order chi connectivity index (χ1) is 8.82. The molecule has 106 valence electrons. The molecule has 1 aromatic rings. The summed E-state index contributed by atoms with van der Waals surface area (Å²) in [5.74, 6) is 0. The molecule has 0 bridgehead atoms. The minimum atomic E-state index is -3.60. The summed E-state index contributed by atoms with van der Waals surface area (Å²) in [6, 6.07) is 4.74. The number of nitrogens with one attached hydrogen (secondary N) is 1. The predicted octanol–water partition coefficient (Wildman–Crippen LogP) is 1.88. The largest absolute Gasteiger partial charge is 0.399 e. The molecule has 0 amide bonds. The molecule has 1 heterocycles. The van der Waals surface area contributed by atoms with Crippen LogP contribution in [0.5, 0.6) is 0 Å². The highest BCUT2D eigenvalue weighted by atomic mass is 79.9. The van der Waals surface area contributed by atoms with Crippen LogP contribution in [0, 0.1) is 0 Å². The molecule has 0 aliphatic carbocycles. The van der Waals surface area contributed by atoms with Gasteiger partial charge in [-0.25, -0.2) is 13.1 Å². The van der Waals surface area contributed by atoms with Crippen LogP contribution in [0.3, 0.4) is 0 Å². The Hall–Kier alpha value is -0.630. The minimum Gasteiger partial charge on any atom is -0.399 e. The Bertz CT molecular complexity index is 568. The van der Waals surface area contributed by atoms with Crippen LogP contribution in [-0.4, -0.2) is 27.2 Å². The number of anilines is 1. The summed E-state index contributed by atoms with van der Waals surface area (Å²) in [4.78, 5) is 0.167. The molecule has 5 nitrogen and oxygen atoms in total. The molecule has 1 aliphatic rings. The van der Waals surface area contributed by atoms with E-state index < -0.39 is 15.6 Å². The maximum atomic E-state index is 12.4. The number of hydrogen-bond acceptors (Lipinski definition) is 4. The van der Waals surface area contributed by atoms with Gasteiger partial charge in [-0.05, 0) is 53.9 Å². The van der Waals surface area contributed by atoms with Crippen molar-refractivity contribution < 1.29 is 13.2 Å². The molecule has 1 fully saturated rings. The Labute approximate surface area is 121 Å². The zero-order valence-electron chi connectivity index (χ0n) is 10.6. The Balaban J connectivity index is 2.29. The highest BCUT2D eigenvalue weighted by molar-refractivity contribution is 9.10. The number of hydrogen-bond donors (Lipinski definition) is 2. The third-order valence-corrected chi connectivity index (χ3v) is 5.85. The average Bonchev–Trinajstić information content (AvgIpc) is 2.31. The minimum absolute atomic E-state index is 0.167. The van der Waals surface area contributed by atoms with E-state index in [1.807, 2.05) is 6.92 Å². The first-order valence-corrected chi connectivity index (χ1v) is 8.27. The topological polar surface area (TPSA) is 81.4 Å². The lowest BCUT2D eigenvalue weighted by molar-refractivity contribution is 0.0537. The van der Waals surface area contributed by atoms with Crippen LogP contribution in [0.1, 0.15) is 19.8 Å². The highest BCUT2D eigenvalue weighted by Crippen LogP contribution is 2.28. The fourth-order valence-corrected chi connectivity index (χ4v) is 4.49. The zero-order chi connectivity index (χ0) is 14.1. The molecule has 7 heteroatoms. The van der Waals surface area contributed by atoms with E-state index in [1.165, 1.54) is 6.07 Å².